The zero-order valence-electron chi connectivity index (χ0n) is 24.2. The third kappa shape index (κ3) is 8.19. The Bertz CT molecular complexity index is 1260. The van der Waals surface area contributed by atoms with Crippen molar-refractivity contribution < 1.29 is 23.9 Å². The molecule has 10 nitrogen and oxygen atoms in total. The molecule has 1 saturated heterocycles. The summed E-state index contributed by atoms with van der Waals surface area (Å²) in [6.45, 7) is 9.55. The molecule has 3 unspecified atom stereocenters. The predicted octanol–water partition coefficient (Wildman–Crippen LogP) is 3.08. The van der Waals surface area contributed by atoms with Crippen LogP contribution < -0.4 is 16.1 Å². The van der Waals surface area contributed by atoms with Gasteiger partial charge in [0.25, 0.3) is 5.91 Å². The molecule has 3 N–H and O–H groups in total. The van der Waals surface area contributed by atoms with E-state index in [9.17, 15) is 19.2 Å². The van der Waals surface area contributed by atoms with E-state index in [0.29, 0.717) is 6.29 Å². The summed E-state index contributed by atoms with van der Waals surface area (Å²) in [5.74, 6) is -1.10. The highest BCUT2D eigenvalue weighted by molar-refractivity contribution is 5.88. The number of pyridine rings is 1. The molecule has 2 heterocycles. The molecular weight excluding hydrogens is 510 g/mol. The molecule has 1 fully saturated rings. The number of nitrogens with one attached hydrogen (secondary N) is 3. The Balaban J connectivity index is 1.69. The number of nitrogens with zero attached hydrogens (tertiary/aromatic N) is 2. The molecule has 1 aromatic carbocycles. The number of ether oxygens (including phenoxy) is 1. The van der Waals surface area contributed by atoms with Crippen LogP contribution in [0.4, 0.5) is 0 Å². The molecule has 2 amide bonds. The van der Waals surface area contributed by atoms with Crippen molar-refractivity contribution in [1.82, 2.24) is 26.1 Å². The first-order valence-electron chi connectivity index (χ1n) is 13.8. The zero-order chi connectivity index (χ0) is 29.4. The fraction of sp³-hybridized carbons (Fsp3) is 0.500. The maximum atomic E-state index is 12.9. The number of amides is 2. The molecule has 1 aliphatic heterocycles. The molecule has 1 aliphatic rings. The minimum absolute atomic E-state index is 0.0483. The van der Waals surface area contributed by atoms with Crippen molar-refractivity contribution in [3.05, 3.63) is 47.7 Å². The molecule has 10 heteroatoms. The highest BCUT2D eigenvalue weighted by atomic mass is 16.5. The molecule has 3 rings (SSSR count). The van der Waals surface area contributed by atoms with Crippen LogP contribution in [-0.4, -0.2) is 65.8 Å². The van der Waals surface area contributed by atoms with E-state index < -0.39 is 29.4 Å². The van der Waals surface area contributed by atoms with Gasteiger partial charge in [-0.05, 0) is 64.7 Å². The lowest BCUT2D eigenvalue weighted by molar-refractivity contribution is -0.162. The number of hydrazine groups is 1. The Morgan fingerprint density at radius 3 is 2.60 bits per heavy atom. The summed E-state index contributed by atoms with van der Waals surface area (Å²) in [5.41, 5.74) is 4.56. The van der Waals surface area contributed by atoms with Crippen molar-refractivity contribution in [3.63, 3.8) is 0 Å². The van der Waals surface area contributed by atoms with Gasteiger partial charge in [-0.15, -0.1) is 0 Å². The predicted molar refractivity (Wildman–Crippen MR) is 154 cm³/mol. The molecule has 0 spiro atoms. The van der Waals surface area contributed by atoms with Gasteiger partial charge in [0.05, 0.1) is 28.7 Å². The maximum Gasteiger partial charge on any atom is 0.316 e. The normalized spacial score (nSPS) is 18.6. The molecule has 0 saturated carbocycles. The first-order valence-corrected chi connectivity index (χ1v) is 13.8. The second kappa shape index (κ2) is 13.6. The number of carbonyl (C=O) groups is 4. The van der Waals surface area contributed by atoms with E-state index in [1.807, 2.05) is 55.4 Å². The summed E-state index contributed by atoms with van der Waals surface area (Å²) in [4.78, 5) is 53.6. The van der Waals surface area contributed by atoms with Gasteiger partial charge in [0, 0.05) is 19.0 Å². The van der Waals surface area contributed by atoms with Gasteiger partial charge in [-0.2, -0.15) is 0 Å². The topological polar surface area (TPSA) is 130 Å². The summed E-state index contributed by atoms with van der Waals surface area (Å²) in [5, 5.41) is 8.48. The van der Waals surface area contributed by atoms with Gasteiger partial charge < -0.3 is 20.2 Å². The summed E-state index contributed by atoms with van der Waals surface area (Å²) in [7, 11) is 1.93. The van der Waals surface area contributed by atoms with Crippen LogP contribution in [-0.2, 0) is 23.9 Å². The number of aromatic nitrogens is 1. The number of hydrogen-bond acceptors (Lipinski definition) is 8. The SMILES string of the molecule is CCC(OC(=O)C(C)(C)/C=C/c1ccc2ccc([C@@H](C)NC(=O)C3CCCN(C)N3)nc2c1)C(=O)NC(C)C=O. The van der Waals surface area contributed by atoms with Gasteiger partial charge in [-0.25, -0.2) is 10.4 Å². The van der Waals surface area contributed by atoms with Gasteiger partial charge in [-0.3, -0.25) is 19.4 Å². The Morgan fingerprint density at radius 1 is 1.20 bits per heavy atom. The van der Waals surface area contributed by atoms with E-state index in [1.54, 1.807) is 33.8 Å². The minimum atomic E-state index is -1.01. The van der Waals surface area contributed by atoms with E-state index in [-0.39, 0.29) is 24.4 Å². The average molecular weight is 552 g/mol. The molecule has 216 valence electrons. The van der Waals surface area contributed by atoms with Crippen LogP contribution in [0.3, 0.4) is 0 Å². The van der Waals surface area contributed by atoms with Crippen molar-refractivity contribution in [2.75, 3.05) is 13.6 Å². The number of benzene rings is 1. The fourth-order valence-electron chi connectivity index (χ4n) is 4.33. The lowest BCUT2D eigenvalue weighted by Crippen LogP contribution is -2.54. The Morgan fingerprint density at radius 2 is 1.93 bits per heavy atom. The van der Waals surface area contributed by atoms with Crippen LogP contribution in [0.2, 0.25) is 0 Å². The third-order valence-electron chi connectivity index (χ3n) is 6.92. The van der Waals surface area contributed by atoms with Crippen LogP contribution in [0.5, 0.6) is 0 Å². The van der Waals surface area contributed by atoms with Crippen molar-refractivity contribution in [1.29, 1.82) is 0 Å². The number of aldehydes is 1. The smallest absolute Gasteiger partial charge is 0.316 e. The van der Waals surface area contributed by atoms with Gasteiger partial charge >= 0.3 is 5.97 Å². The second-order valence-electron chi connectivity index (χ2n) is 11.0. The number of hydrogen-bond donors (Lipinski definition) is 3. The molecule has 0 bridgehead atoms. The molecule has 1 aromatic heterocycles. The Labute approximate surface area is 235 Å². The largest absolute Gasteiger partial charge is 0.452 e. The molecule has 4 atom stereocenters. The fourth-order valence-corrected chi connectivity index (χ4v) is 4.33. The van der Waals surface area contributed by atoms with E-state index >= 15 is 0 Å². The first kappa shape index (κ1) is 30.9. The summed E-state index contributed by atoms with van der Waals surface area (Å²) in [6, 6.07) is 8.51. The van der Waals surface area contributed by atoms with E-state index in [4.69, 9.17) is 9.72 Å². The molecule has 40 heavy (non-hydrogen) atoms. The molecular formula is C30H41N5O5. The second-order valence-corrected chi connectivity index (χ2v) is 11.0. The van der Waals surface area contributed by atoms with Crippen LogP contribution in [0.25, 0.3) is 17.0 Å². The Kier molecular flexibility index (Phi) is 10.5. The van der Waals surface area contributed by atoms with E-state index in [2.05, 4.69) is 16.1 Å². The van der Waals surface area contributed by atoms with Crippen molar-refractivity contribution >= 4 is 41.0 Å². The lowest BCUT2D eigenvalue weighted by Gasteiger charge is -2.31. The first-order chi connectivity index (χ1) is 18.9. The van der Waals surface area contributed by atoms with Gasteiger partial charge in [0.1, 0.15) is 12.3 Å². The highest BCUT2D eigenvalue weighted by Crippen LogP contribution is 2.24. The van der Waals surface area contributed by atoms with Crippen molar-refractivity contribution in [3.8, 4) is 0 Å². The van der Waals surface area contributed by atoms with Gasteiger partial charge in [-0.1, -0.05) is 37.3 Å². The van der Waals surface area contributed by atoms with Crippen LogP contribution in [0, 0.1) is 5.41 Å². The quantitative estimate of drug-likeness (QED) is 0.287. The molecule has 0 aliphatic carbocycles. The van der Waals surface area contributed by atoms with Gasteiger partial charge in [0.2, 0.25) is 5.91 Å². The zero-order valence-corrected chi connectivity index (χ0v) is 24.2. The van der Waals surface area contributed by atoms with Crippen molar-refractivity contribution in [2.24, 2.45) is 5.41 Å². The summed E-state index contributed by atoms with van der Waals surface area (Å²) in [6.07, 6.45) is 5.23. The number of fused-ring (bicyclic) bond motifs is 1. The van der Waals surface area contributed by atoms with Crippen LogP contribution in [0.1, 0.15) is 71.2 Å². The van der Waals surface area contributed by atoms with E-state index in [0.717, 1.165) is 41.5 Å². The minimum Gasteiger partial charge on any atom is -0.452 e. The van der Waals surface area contributed by atoms with Crippen LogP contribution in [0.15, 0.2) is 36.4 Å². The number of rotatable bonds is 11. The Hall–Kier alpha value is -3.63. The van der Waals surface area contributed by atoms with Crippen molar-refractivity contribution in [2.45, 2.75) is 78.1 Å². The third-order valence-corrected chi connectivity index (χ3v) is 6.92. The number of esters is 1. The maximum absolute atomic E-state index is 12.9. The average Bonchev–Trinajstić information content (AvgIpc) is 2.93. The van der Waals surface area contributed by atoms with Crippen LogP contribution >= 0.6 is 0 Å². The lowest BCUT2D eigenvalue weighted by atomic mass is 9.92. The number of carbonyl (C=O) groups excluding carboxylic acids is 4. The molecule has 2 aromatic rings. The standard InChI is InChI=1S/C30H41N5O5/c1-7-26(28(38)31-19(2)18-36)40-29(39)30(4,5)15-14-21-10-11-22-12-13-23(33-25(22)17-21)20(3)32-27(37)24-9-8-16-35(6)34-24/h10-15,17-20,24,26,34H,7-9,16H2,1-6H3,(H,31,38)(H,32,37)/b15-14+/t19?,20-,24?,26?/m1/s1. The van der Waals surface area contributed by atoms with E-state index in [1.165, 1.54) is 0 Å². The highest BCUT2D eigenvalue weighted by Gasteiger charge is 2.31. The monoisotopic (exact) mass is 551 g/mol. The summed E-state index contributed by atoms with van der Waals surface area (Å²) < 4.78 is 5.48. The van der Waals surface area contributed by atoms with Gasteiger partial charge in [0.15, 0.2) is 6.10 Å². The molecule has 0 radical (unpaired) electrons. The summed E-state index contributed by atoms with van der Waals surface area (Å²) >= 11 is 0.